The van der Waals surface area contributed by atoms with Gasteiger partial charge in [0.15, 0.2) is 6.10 Å². The number of carboxylic acids is 1. The van der Waals surface area contributed by atoms with Crippen molar-refractivity contribution in [3.8, 4) is 0 Å². The molecular formula is C47H78NO10P. The van der Waals surface area contributed by atoms with E-state index in [1.807, 2.05) is 24.3 Å². The topological polar surface area (TPSA) is 172 Å². The number of phosphoric ester groups is 1. The number of aliphatic carboxylic acids is 1. The molecule has 0 spiro atoms. The third-order valence-electron chi connectivity index (χ3n) is 8.95. The second-order valence-electron chi connectivity index (χ2n) is 14.5. The second-order valence-corrected chi connectivity index (χ2v) is 15.9. The summed E-state index contributed by atoms with van der Waals surface area (Å²) < 4.78 is 32.7. The molecule has 4 N–H and O–H groups in total. The maximum atomic E-state index is 12.6. The minimum absolute atomic E-state index is 0.132. The molecule has 3 atom stereocenters. The molecule has 12 heteroatoms. The predicted molar refractivity (Wildman–Crippen MR) is 240 cm³/mol. The van der Waals surface area contributed by atoms with Gasteiger partial charge >= 0.3 is 25.7 Å². The van der Waals surface area contributed by atoms with Crippen molar-refractivity contribution in [2.24, 2.45) is 5.73 Å². The van der Waals surface area contributed by atoms with Crippen molar-refractivity contribution in [3.05, 3.63) is 85.1 Å². The summed E-state index contributed by atoms with van der Waals surface area (Å²) in [6.45, 7) is 2.51. The zero-order valence-electron chi connectivity index (χ0n) is 36.3. The van der Waals surface area contributed by atoms with Gasteiger partial charge in [-0.05, 0) is 70.6 Å². The van der Waals surface area contributed by atoms with Crippen LogP contribution in [0.2, 0.25) is 0 Å². The number of carboxylic acid groups (broad SMARTS) is 1. The number of esters is 2. The molecule has 0 aromatic heterocycles. The Morgan fingerprint density at radius 1 is 0.542 bits per heavy atom. The summed E-state index contributed by atoms with van der Waals surface area (Å²) in [5, 5.41) is 8.89. The van der Waals surface area contributed by atoms with Crippen molar-refractivity contribution in [1.29, 1.82) is 0 Å². The van der Waals surface area contributed by atoms with Crippen LogP contribution < -0.4 is 5.73 Å². The molecule has 0 aromatic carbocycles. The van der Waals surface area contributed by atoms with Gasteiger partial charge in [-0.3, -0.25) is 23.4 Å². The average Bonchev–Trinajstić information content (AvgIpc) is 3.21. The lowest BCUT2D eigenvalue weighted by Gasteiger charge is -2.20. The van der Waals surface area contributed by atoms with Crippen LogP contribution in [0.25, 0.3) is 0 Å². The molecule has 0 heterocycles. The molecule has 0 aromatic rings. The van der Waals surface area contributed by atoms with Gasteiger partial charge in [-0.1, -0.05) is 163 Å². The first-order valence-electron chi connectivity index (χ1n) is 22.1. The molecule has 0 aliphatic carbocycles. The van der Waals surface area contributed by atoms with Crippen LogP contribution in [0.15, 0.2) is 85.1 Å². The van der Waals surface area contributed by atoms with Crippen molar-refractivity contribution < 1.29 is 47.5 Å². The highest BCUT2D eigenvalue weighted by Gasteiger charge is 2.28. The lowest BCUT2D eigenvalue weighted by molar-refractivity contribution is -0.161. The molecule has 11 nitrogen and oxygen atoms in total. The number of hydrogen-bond acceptors (Lipinski definition) is 9. The summed E-state index contributed by atoms with van der Waals surface area (Å²) in [6.07, 6.45) is 50.8. The molecule has 0 bridgehead atoms. The van der Waals surface area contributed by atoms with E-state index in [-0.39, 0.29) is 19.4 Å². The zero-order chi connectivity index (χ0) is 43.5. The molecular weight excluding hydrogens is 769 g/mol. The predicted octanol–water partition coefficient (Wildman–Crippen LogP) is 11.9. The van der Waals surface area contributed by atoms with Gasteiger partial charge in [0.25, 0.3) is 0 Å². The third-order valence-corrected chi connectivity index (χ3v) is 9.90. The van der Waals surface area contributed by atoms with Crippen molar-refractivity contribution >= 4 is 25.7 Å². The fourth-order valence-corrected chi connectivity index (χ4v) is 6.30. The van der Waals surface area contributed by atoms with Crippen LogP contribution in [0.1, 0.15) is 162 Å². The van der Waals surface area contributed by atoms with Gasteiger partial charge in [0.2, 0.25) is 0 Å². The highest BCUT2D eigenvalue weighted by Crippen LogP contribution is 2.43. The molecule has 0 saturated carbocycles. The molecule has 59 heavy (non-hydrogen) atoms. The van der Waals surface area contributed by atoms with Crippen molar-refractivity contribution in [3.63, 3.8) is 0 Å². The maximum Gasteiger partial charge on any atom is 0.472 e. The lowest BCUT2D eigenvalue weighted by atomic mass is 10.1. The number of nitrogens with two attached hydrogens (primary N) is 1. The monoisotopic (exact) mass is 848 g/mol. The highest BCUT2D eigenvalue weighted by atomic mass is 31.2. The number of ether oxygens (including phenoxy) is 2. The van der Waals surface area contributed by atoms with Crippen LogP contribution in [-0.4, -0.2) is 59.9 Å². The van der Waals surface area contributed by atoms with E-state index in [1.54, 1.807) is 0 Å². The fourth-order valence-electron chi connectivity index (χ4n) is 5.53. The molecule has 0 saturated heterocycles. The summed E-state index contributed by atoms with van der Waals surface area (Å²) >= 11 is 0. The van der Waals surface area contributed by atoms with Crippen LogP contribution in [0.4, 0.5) is 0 Å². The normalized spacial score (nSPS) is 14.5. The fraction of sp³-hybridized carbons (Fsp3) is 0.638. The van der Waals surface area contributed by atoms with Crippen LogP contribution in [0, 0.1) is 0 Å². The largest absolute Gasteiger partial charge is 0.480 e. The SMILES string of the molecule is CC/C=C/C=C/C=C/CCCCCCCC(=O)OC(COC(=O)CCCCCCCCCCC/C=C/C/C=C/C/C=C/C/C=C/CC)COP(=O)(O)OC[C@@H](N)C(=O)O. The number of carbonyl (C=O) groups is 3. The van der Waals surface area contributed by atoms with Gasteiger partial charge in [-0.2, -0.15) is 0 Å². The van der Waals surface area contributed by atoms with Crippen LogP contribution in [0.3, 0.4) is 0 Å². The first kappa shape index (κ1) is 55.7. The minimum atomic E-state index is -4.73. The first-order chi connectivity index (χ1) is 28.6. The molecule has 0 rings (SSSR count). The number of unbranched alkanes of at least 4 members (excludes halogenated alkanes) is 14. The number of rotatable bonds is 40. The van der Waals surface area contributed by atoms with E-state index >= 15 is 0 Å². The van der Waals surface area contributed by atoms with Gasteiger partial charge < -0.3 is 25.2 Å². The summed E-state index contributed by atoms with van der Waals surface area (Å²) in [6, 6.07) is -1.53. The maximum absolute atomic E-state index is 12.6. The van der Waals surface area contributed by atoms with E-state index in [0.29, 0.717) is 12.8 Å². The van der Waals surface area contributed by atoms with E-state index in [1.165, 1.54) is 32.1 Å². The number of phosphoric acid groups is 1. The Labute approximate surface area is 356 Å². The van der Waals surface area contributed by atoms with Crippen LogP contribution in [0.5, 0.6) is 0 Å². The standard InChI is InChI=1S/C47H78NO10P/c1-3-5-7-9-11-13-15-17-18-19-20-21-22-23-24-25-27-28-30-32-34-36-38-45(49)55-40-43(41-56-59(53,54)57-42-44(48)47(51)52)58-46(50)39-37-35-33-31-29-26-16-14-12-10-8-6-4-2/h5-8,10-14,16-18,20-21,43-44H,3-4,9,15,19,22-42,48H2,1-2H3,(H,51,52)(H,53,54)/b7-5+,8-6+,12-10+,13-11+,16-14+,18-17+,21-20+/t43?,44-/m1/s1. The number of allylic oxidation sites excluding steroid dienone is 14. The Kier molecular flexibility index (Phi) is 39.1. The molecule has 0 amide bonds. The van der Waals surface area contributed by atoms with E-state index in [4.69, 9.17) is 24.8 Å². The summed E-state index contributed by atoms with van der Waals surface area (Å²) in [7, 11) is -4.73. The van der Waals surface area contributed by atoms with E-state index < -0.39 is 51.1 Å². The Balaban J connectivity index is 4.32. The number of hydrogen-bond donors (Lipinski definition) is 3. The molecule has 0 aliphatic rings. The number of carbonyl (C=O) groups excluding carboxylic acids is 2. The van der Waals surface area contributed by atoms with E-state index in [9.17, 15) is 23.8 Å². The molecule has 2 unspecified atom stereocenters. The van der Waals surface area contributed by atoms with Gasteiger partial charge in [-0.15, -0.1) is 0 Å². The second kappa shape index (κ2) is 41.4. The highest BCUT2D eigenvalue weighted by molar-refractivity contribution is 7.47. The summed E-state index contributed by atoms with van der Waals surface area (Å²) in [5.74, 6) is -2.42. The molecule has 0 fully saturated rings. The lowest BCUT2D eigenvalue weighted by Crippen LogP contribution is -2.34. The van der Waals surface area contributed by atoms with Crippen LogP contribution >= 0.6 is 7.82 Å². The van der Waals surface area contributed by atoms with Crippen molar-refractivity contribution in [2.45, 2.75) is 174 Å². The Hall–Kier alpha value is -3.34. The minimum Gasteiger partial charge on any atom is -0.480 e. The average molecular weight is 848 g/mol. The first-order valence-corrected chi connectivity index (χ1v) is 23.6. The zero-order valence-corrected chi connectivity index (χ0v) is 37.2. The smallest absolute Gasteiger partial charge is 0.472 e. The van der Waals surface area contributed by atoms with Crippen LogP contribution in [-0.2, 0) is 37.5 Å². The molecule has 0 aliphatic heterocycles. The van der Waals surface area contributed by atoms with Gasteiger partial charge in [0.1, 0.15) is 12.6 Å². The van der Waals surface area contributed by atoms with Gasteiger partial charge in [0, 0.05) is 12.8 Å². The van der Waals surface area contributed by atoms with Gasteiger partial charge in [0.05, 0.1) is 13.2 Å². The van der Waals surface area contributed by atoms with Crippen molar-refractivity contribution in [1.82, 2.24) is 0 Å². The Morgan fingerprint density at radius 2 is 0.983 bits per heavy atom. The van der Waals surface area contributed by atoms with E-state index in [0.717, 1.165) is 89.9 Å². The summed E-state index contributed by atoms with van der Waals surface area (Å²) in [5.41, 5.74) is 5.33. The quantitative estimate of drug-likeness (QED) is 0.0176. The Bertz CT molecular complexity index is 1320. The van der Waals surface area contributed by atoms with Gasteiger partial charge in [-0.25, -0.2) is 4.57 Å². The Morgan fingerprint density at radius 3 is 1.53 bits per heavy atom. The third kappa shape index (κ3) is 41.2. The summed E-state index contributed by atoms with van der Waals surface area (Å²) in [4.78, 5) is 46.0. The van der Waals surface area contributed by atoms with E-state index in [2.05, 4.69) is 79.1 Å². The molecule has 336 valence electrons. The molecule has 0 radical (unpaired) electrons. The van der Waals surface area contributed by atoms with Crippen molar-refractivity contribution in [2.75, 3.05) is 19.8 Å².